The van der Waals surface area contributed by atoms with E-state index in [1.54, 1.807) is 12.1 Å². The zero-order valence-corrected chi connectivity index (χ0v) is 19.1. The third kappa shape index (κ3) is 4.00. The van der Waals surface area contributed by atoms with Gasteiger partial charge in [0.1, 0.15) is 6.33 Å². The number of fused-ring (bicyclic) bond motifs is 2. The van der Waals surface area contributed by atoms with Gasteiger partial charge in [0.25, 0.3) is 0 Å². The molecular weight excluding hydrogens is 445 g/mol. The van der Waals surface area contributed by atoms with Gasteiger partial charge in [-0.25, -0.2) is 9.97 Å². The smallest absolute Gasteiger partial charge is 0.229 e. The first-order chi connectivity index (χ1) is 15.9. The molecule has 2 aromatic heterocycles. The number of piperidine rings is 1. The third-order valence-electron chi connectivity index (χ3n) is 6.42. The number of aromatic nitrogens is 4. The minimum atomic E-state index is -0.520. The molecule has 2 bridgehead atoms. The maximum atomic E-state index is 15.5. The van der Waals surface area contributed by atoms with Crippen molar-refractivity contribution in [1.82, 2.24) is 20.1 Å². The average Bonchev–Trinajstić information content (AvgIpc) is 3.39. The Morgan fingerprint density at radius 3 is 2.64 bits per heavy atom. The summed E-state index contributed by atoms with van der Waals surface area (Å²) in [5.74, 6) is 1.59. The molecule has 33 heavy (non-hydrogen) atoms. The van der Waals surface area contributed by atoms with Crippen molar-refractivity contribution < 1.29 is 8.91 Å². The molecular formula is C23H23ClFN7O. The highest BCUT2D eigenvalue weighted by atomic mass is 35.5. The summed E-state index contributed by atoms with van der Waals surface area (Å²) in [5, 5.41) is 16.4. The highest BCUT2D eigenvalue weighted by Crippen LogP contribution is 2.45. The molecule has 2 fully saturated rings. The zero-order chi connectivity index (χ0) is 23.1. The van der Waals surface area contributed by atoms with Gasteiger partial charge in [0.05, 0.1) is 22.3 Å². The molecule has 10 heteroatoms. The van der Waals surface area contributed by atoms with E-state index in [9.17, 15) is 0 Å². The molecule has 4 heterocycles. The van der Waals surface area contributed by atoms with E-state index in [1.807, 2.05) is 19.9 Å². The summed E-state index contributed by atoms with van der Waals surface area (Å²) in [7, 11) is 0. The van der Waals surface area contributed by atoms with Crippen LogP contribution in [0.5, 0.6) is 0 Å². The molecule has 3 aromatic rings. The maximum Gasteiger partial charge on any atom is 0.229 e. The van der Waals surface area contributed by atoms with Gasteiger partial charge in [0, 0.05) is 23.9 Å². The molecule has 2 atom stereocenters. The molecule has 0 aliphatic carbocycles. The predicted octanol–water partition coefficient (Wildman–Crippen LogP) is 5.31. The third-order valence-corrected chi connectivity index (χ3v) is 6.74. The maximum absolute atomic E-state index is 15.5. The Morgan fingerprint density at radius 1 is 1.24 bits per heavy atom. The summed E-state index contributed by atoms with van der Waals surface area (Å²) < 4.78 is 21.1. The molecule has 5 rings (SSSR count). The fourth-order valence-corrected chi connectivity index (χ4v) is 5.04. The second-order valence-electron chi connectivity index (χ2n) is 8.90. The van der Waals surface area contributed by atoms with Crippen LogP contribution < -0.4 is 10.2 Å². The van der Waals surface area contributed by atoms with Crippen molar-refractivity contribution in [3.63, 3.8) is 0 Å². The standard InChI is InChI=1S/C23H23ClFN7O/c1-12(2)20-30-23(33-31-20)14-8-15-4-5-16(9-14)32(15)22-19(25)21(27-11-28-22)29-18-6-3-13(10-26)7-17(18)24/h3,6-7,11-12,14-16H,4-5,8-9H2,1-2H3,(H,27,28,29). The lowest BCUT2D eigenvalue weighted by Gasteiger charge is -2.38. The molecule has 170 valence electrons. The van der Waals surface area contributed by atoms with E-state index >= 15 is 4.39 Å². The van der Waals surface area contributed by atoms with Crippen LogP contribution in [0.15, 0.2) is 29.0 Å². The number of nitrogens with one attached hydrogen (secondary N) is 1. The Bertz CT molecular complexity index is 1210. The number of rotatable bonds is 5. The van der Waals surface area contributed by atoms with Crippen molar-refractivity contribution in [2.75, 3.05) is 10.2 Å². The summed E-state index contributed by atoms with van der Waals surface area (Å²) in [6.07, 6.45) is 4.89. The first-order valence-corrected chi connectivity index (χ1v) is 11.4. The lowest BCUT2D eigenvalue weighted by molar-refractivity contribution is 0.303. The van der Waals surface area contributed by atoms with Gasteiger partial charge in [-0.1, -0.05) is 30.6 Å². The van der Waals surface area contributed by atoms with Gasteiger partial charge < -0.3 is 14.7 Å². The van der Waals surface area contributed by atoms with E-state index in [0.717, 1.165) is 31.5 Å². The van der Waals surface area contributed by atoms with Gasteiger partial charge in [-0.3, -0.25) is 0 Å². The molecule has 0 spiro atoms. The summed E-state index contributed by atoms with van der Waals surface area (Å²) in [4.78, 5) is 15.0. The van der Waals surface area contributed by atoms with Crippen molar-refractivity contribution in [1.29, 1.82) is 5.26 Å². The van der Waals surface area contributed by atoms with E-state index in [4.69, 9.17) is 21.4 Å². The normalized spacial score (nSPS) is 21.9. The van der Waals surface area contributed by atoms with E-state index in [-0.39, 0.29) is 35.6 Å². The molecule has 0 saturated carbocycles. The van der Waals surface area contributed by atoms with E-state index in [1.165, 1.54) is 12.4 Å². The quantitative estimate of drug-likeness (QED) is 0.538. The lowest BCUT2D eigenvalue weighted by atomic mass is 9.90. The predicted molar refractivity (Wildman–Crippen MR) is 121 cm³/mol. The van der Waals surface area contributed by atoms with Crippen LogP contribution in [0, 0.1) is 17.1 Å². The number of halogens is 2. The van der Waals surface area contributed by atoms with Gasteiger partial charge in [-0.15, -0.1) is 0 Å². The largest absolute Gasteiger partial charge is 0.348 e. The van der Waals surface area contributed by atoms with Crippen LogP contribution >= 0.6 is 11.6 Å². The van der Waals surface area contributed by atoms with Crippen molar-refractivity contribution in [2.45, 2.75) is 63.5 Å². The summed E-state index contributed by atoms with van der Waals surface area (Å²) >= 11 is 6.24. The minimum absolute atomic E-state index is 0.0478. The average molecular weight is 468 g/mol. The van der Waals surface area contributed by atoms with Crippen LogP contribution in [-0.4, -0.2) is 32.2 Å². The topological polar surface area (TPSA) is 104 Å². The Labute approximate surface area is 195 Å². The number of hydrogen-bond acceptors (Lipinski definition) is 8. The minimum Gasteiger partial charge on any atom is -0.348 e. The summed E-state index contributed by atoms with van der Waals surface area (Å²) in [6, 6.07) is 7.07. The fourth-order valence-electron chi connectivity index (χ4n) is 4.81. The highest BCUT2D eigenvalue weighted by Gasteiger charge is 2.44. The molecule has 2 aliphatic rings. The lowest BCUT2D eigenvalue weighted by Crippen LogP contribution is -2.43. The molecule has 1 aromatic carbocycles. The van der Waals surface area contributed by atoms with Crippen LogP contribution in [0.25, 0.3) is 0 Å². The second-order valence-corrected chi connectivity index (χ2v) is 9.30. The molecule has 0 radical (unpaired) electrons. The van der Waals surface area contributed by atoms with E-state index in [2.05, 4.69) is 30.3 Å². The Morgan fingerprint density at radius 2 is 2.00 bits per heavy atom. The van der Waals surface area contributed by atoms with E-state index < -0.39 is 5.82 Å². The molecule has 2 saturated heterocycles. The fraction of sp³-hybridized carbons (Fsp3) is 0.435. The Hall–Kier alpha value is -3.25. The van der Waals surface area contributed by atoms with Gasteiger partial charge in [0.2, 0.25) is 11.7 Å². The number of nitrogens with zero attached hydrogens (tertiary/aromatic N) is 6. The SMILES string of the molecule is CC(C)c1noc(C2CC3CCC(C2)N3c2ncnc(Nc3ccc(C#N)cc3Cl)c2F)n1. The zero-order valence-electron chi connectivity index (χ0n) is 18.3. The van der Waals surface area contributed by atoms with Gasteiger partial charge >= 0.3 is 0 Å². The molecule has 2 aliphatic heterocycles. The highest BCUT2D eigenvalue weighted by molar-refractivity contribution is 6.33. The molecule has 0 amide bonds. The Balaban J connectivity index is 1.38. The number of hydrogen-bond donors (Lipinski definition) is 1. The van der Waals surface area contributed by atoms with Crippen molar-refractivity contribution >= 4 is 28.9 Å². The summed E-state index contributed by atoms with van der Waals surface area (Å²) in [5.41, 5.74) is 0.897. The van der Waals surface area contributed by atoms with Gasteiger partial charge in [-0.05, 0) is 43.9 Å². The molecule has 8 nitrogen and oxygen atoms in total. The number of anilines is 3. The van der Waals surface area contributed by atoms with Gasteiger partial charge in [0.15, 0.2) is 17.5 Å². The van der Waals surface area contributed by atoms with Crippen molar-refractivity contribution in [2.24, 2.45) is 0 Å². The van der Waals surface area contributed by atoms with E-state index in [0.29, 0.717) is 22.2 Å². The van der Waals surface area contributed by atoms with Gasteiger partial charge in [-0.2, -0.15) is 14.6 Å². The van der Waals surface area contributed by atoms with Crippen LogP contribution in [0.3, 0.4) is 0 Å². The molecule has 1 N–H and O–H groups in total. The number of benzene rings is 1. The first-order valence-electron chi connectivity index (χ1n) is 11.0. The Kier molecular flexibility index (Phi) is 5.62. The van der Waals surface area contributed by atoms with Crippen molar-refractivity contribution in [3.8, 4) is 6.07 Å². The van der Waals surface area contributed by atoms with Crippen LogP contribution in [-0.2, 0) is 0 Å². The van der Waals surface area contributed by atoms with Crippen LogP contribution in [0.2, 0.25) is 5.02 Å². The first kappa shape index (κ1) is 21.6. The summed E-state index contributed by atoms with van der Waals surface area (Å²) in [6.45, 7) is 4.07. The van der Waals surface area contributed by atoms with Crippen LogP contribution in [0.1, 0.15) is 68.6 Å². The van der Waals surface area contributed by atoms with Crippen LogP contribution in [0.4, 0.5) is 21.7 Å². The van der Waals surface area contributed by atoms with Crippen molar-refractivity contribution in [3.05, 3.63) is 52.6 Å². The second kappa shape index (κ2) is 8.60. The molecule has 2 unspecified atom stereocenters. The number of nitriles is 1. The monoisotopic (exact) mass is 467 g/mol.